The summed E-state index contributed by atoms with van der Waals surface area (Å²) in [6.45, 7) is 5.97. The lowest BCUT2D eigenvalue weighted by atomic mass is 9.93. The Balaban J connectivity index is 2.50. The molecule has 1 heterocycles. The van der Waals surface area contributed by atoms with E-state index in [9.17, 15) is 0 Å². The van der Waals surface area contributed by atoms with Crippen LogP contribution in [0.25, 0.3) is 0 Å². The summed E-state index contributed by atoms with van der Waals surface area (Å²) in [7, 11) is 0. The molecule has 2 rings (SSSR count). The highest BCUT2D eigenvalue weighted by atomic mass is 79.9. The number of hydrogen-bond acceptors (Lipinski definition) is 4. The zero-order valence-corrected chi connectivity index (χ0v) is 12.2. The quantitative estimate of drug-likeness (QED) is 0.868. The Morgan fingerprint density at radius 2 is 2.11 bits per heavy atom. The van der Waals surface area contributed by atoms with Crippen molar-refractivity contribution in [1.82, 2.24) is 0 Å². The molecular weight excluding hydrogens is 298 g/mol. The van der Waals surface area contributed by atoms with Crippen LogP contribution in [0.3, 0.4) is 0 Å². The molecule has 18 heavy (non-hydrogen) atoms. The number of fused-ring (bicyclic) bond motifs is 1. The third-order valence-corrected chi connectivity index (χ3v) is 3.68. The van der Waals surface area contributed by atoms with Crippen molar-refractivity contribution in [3.8, 4) is 11.5 Å². The van der Waals surface area contributed by atoms with E-state index < -0.39 is 0 Å². The Hall–Kier alpha value is -0.780. The van der Waals surface area contributed by atoms with Gasteiger partial charge in [-0.1, -0.05) is 29.8 Å². The first-order valence-electron chi connectivity index (χ1n) is 6.07. The second-order valence-electron chi connectivity index (χ2n) is 4.55. The Labute approximate surface area is 115 Å². The molecule has 0 aromatic heterocycles. The molecule has 0 fully saturated rings. The van der Waals surface area contributed by atoms with Crippen molar-refractivity contribution >= 4 is 15.9 Å². The van der Waals surface area contributed by atoms with Crippen LogP contribution in [0.4, 0.5) is 0 Å². The van der Waals surface area contributed by atoms with Gasteiger partial charge in [0.15, 0.2) is 11.5 Å². The molecule has 2 N–H and O–H groups in total. The highest BCUT2D eigenvalue weighted by Crippen LogP contribution is 2.43. The normalized spacial score (nSPS) is 14.1. The number of nitrogens with two attached hydrogens (primary N) is 1. The van der Waals surface area contributed by atoms with E-state index in [4.69, 9.17) is 15.4 Å². The SMILES string of the molecule is CC(C)c1c(CCON)c(Br)cc2c1OCCO2. The summed E-state index contributed by atoms with van der Waals surface area (Å²) in [4.78, 5) is 4.69. The summed E-state index contributed by atoms with van der Waals surface area (Å²) in [5.74, 6) is 7.15. The van der Waals surface area contributed by atoms with Gasteiger partial charge in [-0.3, -0.25) is 0 Å². The van der Waals surface area contributed by atoms with Crippen molar-refractivity contribution in [2.45, 2.75) is 26.2 Å². The topological polar surface area (TPSA) is 53.7 Å². The lowest BCUT2D eigenvalue weighted by Crippen LogP contribution is -2.18. The van der Waals surface area contributed by atoms with Gasteiger partial charge < -0.3 is 14.3 Å². The van der Waals surface area contributed by atoms with Gasteiger partial charge in [0.2, 0.25) is 0 Å². The number of hydrogen-bond donors (Lipinski definition) is 1. The average molecular weight is 316 g/mol. The van der Waals surface area contributed by atoms with E-state index >= 15 is 0 Å². The first-order valence-corrected chi connectivity index (χ1v) is 6.87. The smallest absolute Gasteiger partial charge is 0.165 e. The minimum absolute atomic E-state index is 0.353. The summed E-state index contributed by atoms with van der Waals surface area (Å²) >= 11 is 3.59. The Morgan fingerprint density at radius 1 is 1.39 bits per heavy atom. The molecule has 0 spiro atoms. The maximum Gasteiger partial charge on any atom is 0.165 e. The van der Waals surface area contributed by atoms with E-state index in [1.165, 1.54) is 11.1 Å². The van der Waals surface area contributed by atoms with Crippen LogP contribution in [0.2, 0.25) is 0 Å². The van der Waals surface area contributed by atoms with Gasteiger partial charge in [-0.2, -0.15) is 0 Å². The predicted octanol–water partition coefficient (Wildman–Crippen LogP) is 2.78. The van der Waals surface area contributed by atoms with Gasteiger partial charge in [0.25, 0.3) is 0 Å². The highest BCUT2D eigenvalue weighted by molar-refractivity contribution is 9.10. The first kappa shape index (κ1) is 13.6. The highest BCUT2D eigenvalue weighted by Gasteiger charge is 2.23. The maximum atomic E-state index is 5.77. The van der Waals surface area contributed by atoms with Crippen LogP contribution in [-0.4, -0.2) is 19.8 Å². The van der Waals surface area contributed by atoms with Crippen LogP contribution in [0.15, 0.2) is 10.5 Å². The third kappa shape index (κ3) is 2.63. The largest absolute Gasteiger partial charge is 0.486 e. The molecule has 0 radical (unpaired) electrons. The molecule has 0 saturated heterocycles. The molecule has 5 heteroatoms. The number of benzene rings is 1. The van der Waals surface area contributed by atoms with Crippen LogP contribution in [0.5, 0.6) is 11.5 Å². The minimum atomic E-state index is 0.353. The second kappa shape index (κ2) is 5.91. The molecule has 100 valence electrons. The fourth-order valence-corrected chi connectivity index (χ4v) is 2.86. The second-order valence-corrected chi connectivity index (χ2v) is 5.40. The molecule has 1 aliphatic heterocycles. The molecule has 0 amide bonds. The molecule has 1 aromatic rings. The van der Waals surface area contributed by atoms with Gasteiger partial charge >= 0.3 is 0 Å². The molecule has 0 bridgehead atoms. The van der Waals surface area contributed by atoms with Gasteiger partial charge in [-0.05, 0) is 24.0 Å². The van der Waals surface area contributed by atoms with Gasteiger partial charge in [-0.15, -0.1) is 0 Å². The molecule has 0 aliphatic carbocycles. The third-order valence-electron chi connectivity index (χ3n) is 2.97. The molecule has 0 unspecified atom stereocenters. The summed E-state index contributed by atoms with van der Waals surface area (Å²) in [6, 6.07) is 1.96. The Kier molecular flexibility index (Phi) is 4.48. The summed E-state index contributed by atoms with van der Waals surface area (Å²) < 4.78 is 12.4. The van der Waals surface area contributed by atoms with Crippen molar-refractivity contribution in [2.24, 2.45) is 5.90 Å². The molecule has 4 nitrogen and oxygen atoms in total. The lowest BCUT2D eigenvalue weighted by Gasteiger charge is -2.26. The molecule has 1 aliphatic rings. The number of ether oxygens (including phenoxy) is 2. The Bertz CT molecular complexity index is 435. The summed E-state index contributed by atoms with van der Waals surface area (Å²) in [6.07, 6.45) is 0.751. The molecule has 0 atom stereocenters. The number of rotatable bonds is 4. The zero-order chi connectivity index (χ0) is 13.1. The fraction of sp³-hybridized carbons (Fsp3) is 0.538. The van der Waals surface area contributed by atoms with Crippen LogP contribution in [-0.2, 0) is 11.3 Å². The monoisotopic (exact) mass is 315 g/mol. The van der Waals surface area contributed by atoms with Gasteiger partial charge in [-0.25, -0.2) is 5.90 Å². The van der Waals surface area contributed by atoms with E-state index in [-0.39, 0.29) is 0 Å². The van der Waals surface area contributed by atoms with Gasteiger partial charge in [0, 0.05) is 10.0 Å². The zero-order valence-electron chi connectivity index (χ0n) is 10.7. The first-order chi connectivity index (χ1) is 8.65. The van der Waals surface area contributed by atoms with Crippen molar-refractivity contribution < 1.29 is 14.3 Å². The summed E-state index contributed by atoms with van der Waals surface area (Å²) in [5.41, 5.74) is 2.36. The van der Waals surface area contributed by atoms with Crippen LogP contribution in [0.1, 0.15) is 30.9 Å². The maximum absolute atomic E-state index is 5.77. The van der Waals surface area contributed by atoms with E-state index in [0.717, 1.165) is 22.4 Å². The van der Waals surface area contributed by atoms with Gasteiger partial charge in [0.1, 0.15) is 13.2 Å². The van der Waals surface area contributed by atoms with E-state index in [1.807, 2.05) is 6.07 Å². The van der Waals surface area contributed by atoms with Crippen LogP contribution in [0, 0.1) is 0 Å². The predicted molar refractivity (Wildman–Crippen MR) is 73.1 cm³/mol. The van der Waals surface area contributed by atoms with E-state index in [2.05, 4.69) is 34.6 Å². The average Bonchev–Trinajstić information content (AvgIpc) is 2.35. The summed E-state index contributed by atoms with van der Waals surface area (Å²) in [5, 5.41) is 0. The van der Waals surface area contributed by atoms with Crippen LogP contribution < -0.4 is 15.4 Å². The minimum Gasteiger partial charge on any atom is -0.486 e. The Morgan fingerprint density at radius 3 is 2.78 bits per heavy atom. The molecule has 0 saturated carbocycles. The van der Waals surface area contributed by atoms with E-state index in [0.29, 0.717) is 25.7 Å². The van der Waals surface area contributed by atoms with Crippen molar-refractivity contribution in [1.29, 1.82) is 0 Å². The van der Waals surface area contributed by atoms with Crippen LogP contribution >= 0.6 is 15.9 Å². The molecule has 1 aromatic carbocycles. The fourth-order valence-electron chi connectivity index (χ4n) is 2.24. The van der Waals surface area contributed by atoms with Crippen molar-refractivity contribution in [3.63, 3.8) is 0 Å². The number of halogens is 1. The van der Waals surface area contributed by atoms with Crippen molar-refractivity contribution in [3.05, 3.63) is 21.7 Å². The standard InChI is InChI=1S/C13H18BrNO3/c1-8(2)12-9(3-4-18-15)10(14)7-11-13(12)17-6-5-16-11/h7-8H,3-6,15H2,1-2H3. The van der Waals surface area contributed by atoms with E-state index in [1.54, 1.807) is 0 Å². The van der Waals surface area contributed by atoms with Crippen molar-refractivity contribution in [2.75, 3.05) is 19.8 Å². The lowest BCUT2D eigenvalue weighted by molar-refractivity contribution is 0.140. The van der Waals surface area contributed by atoms with Gasteiger partial charge in [0.05, 0.1) is 6.61 Å². The molecular formula is C13H18BrNO3.